The first-order valence-electron chi connectivity index (χ1n) is 5.09. The molecular formula is C10H14N2O5S. The molecule has 1 amide bonds. The summed E-state index contributed by atoms with van der Waals surface area (Å²) in [4.78, 5) is 20.1. The molecule has 0 aromatic heterocycles. The maximum absolute atomic E-state index is 11.3. The van der Waals surface area contributed by atoms with Crippen LogP contribution in [0.2, 0.25) is 0 Å². The second-order valence-corrected chi connectivity index (χ2v) is 5.76. The van der Waals surface area contributed by atoms with E-state index < -0.39 is 20.9 Å². The fourth-order valence-electron chi connectivity index (χ4n) is 1.35. The number of hydrogen-bond acceptors (Lipinski definition) is 5. The van der Waals surface area contributed by atoms with Gasteiger partial charge < -0.3 is 11.1 Å². The van der Waals surface area contributed by atoms with E-state index in [2.05, 4.69) is 5.32 Å². The number of carbonyl (C=O) groups is 2. The highest BCUT2D eigenvalue weighted by Crippen LogP contribution is 2.22. The second-order valence-electron chi connectivity index (χ2n) is 4.05. The van der Waals surface area contributed by atoms with Gasteiger partial charge in [-0.25, -0.2) is 0 Å². The van der Waals surface area contributed by atoms with Gasteiger partial charge in [-0.1, -0.05) is 6.08 Å². The van der Waals surface area contributed by atoms with Crippen molar-refractivity contribution in [2.45, 2.75) is 24.6 Å². The zero-order valence-corrected chi connectivity index (χ0v) is 10.5. The Bertz CT molecular complexity index is 534. The fraction of sp³-hybridized carbons (Fsp3) is 0.400. The van der Waals surface area contributed by atoms with E-state index in [0.29, 0.717) is 5.70 Å². The van der Waals surface area contributed by atoms with E-state index in [-0.39, 0.29) is 18.6 Å². The van der Waals surface area contributed by atoms with Gasteiger partial charge in [-0.2, -0.15) is 8.42 Å². The average molecular weight is 274 g/mol. The third kappa shape index (κ3) is 3.49. The summed E-state index contributed by atoms with van der Waals surface area (Å²) < 4.78 is 30.9. The number of nitrogens with one attached hydrogen (secondary N) is 1. The molecule has 0 heterocycles. The van der Waals surface area contributed by atoms with Gasteiger partial charge in [0.25, 0.3) is 10.1 Å². The molecule has 0 saturated carbocycles. The van der Waals surface area contributed by atoms with Crippen molar-refractivity contribution in [2.75, 3.05) is 0 Å². The molecule has 1 rings (SSSR count). The lowest BCUT2D eigenvalue weighted by Gasteiger charge is -2.24. The van der Waals surface area contributed by atoms with Crippen molar-refractivity contribution in [3.63, 3.8) is 0 Å². The van der Waals surface area contributed by atoms with Crippen molar-refractivity contribution in [1.82, 2.24) is 5.32 Å². The zero-order valence-electron chi connectivity index (χ0n) is 9.71. The van der Waals surface area contributed by atoms with Gasteiger partial charge in [0.1, 0.15) is 5.78 Å². The highest BCUT2D eigenvalue weighted by atomic mass is 32.2. The maximum atomic E-state index is 11.3. The molecule has 8 heteroatoms. The molecule has 4 N–H and O–H groups in total. The van der Waals surface area contributed by atoms with Gasteiger partial charge >= 0.3 is 0 Å². The van der Waals surface area contributed by atoms with Crippen LogP contribution >= 0.6 is 0 Å². The third-order valence-electron chi connectivity index (χ3n) is 2.36. The monoisotopic (exact) mass is 274 g/mol. The van der Waals surface area contributed by atoms with Crippen LogP contribution in [0.3, 0.4) is 0 Å². The van der Waals surface area contributed by atoms with Crippen LogP contribution in [0, 0.1) is 0 Å². The lowest BCUT2D eigenvalue weighted by atomic mass is 10.1. The molecule has 0 aromatic rings. The standard InChI is InChI=1S/C10H14N2O5S/c1-7(13)6-9(14)12-8-2-4-10(11,5-3-8)18(15,16)17/h2-4H,5-6,11H2,1H3,(H,12,14)(H,15,16,17). The SMILES string of the molecule is CC(=O)CC(=O)NC1=CCC(N)(S(=O)(=O)O)C=C1. The van der Waals surface area contributed by atoms with Crippen molar-refractivity contribution in [1.29, 1.82) is 0 Å². The largest absolute Gasteiger partial charge is 0.326 e. The van der Waals surface area contributed by atoms with Gasteiger partial charge in [0.05, 0.1) is 6.42 Å². The average Bonchev–Trinajstić information content (AvgIpc) is 2.18. The Hall–Kier alpha value is -1.51. The number of hydrogen-bond donors (Lipinski definition) is 3. The molecule has 0 saturated heterocycles. The molecule has 1 atom stereocenters. The van der Waals surface area contributed by atoms with E-state index in [0.717, 1.165) is 6.08 Å². The molecule has 0 bridgehead atoms. The maximum Gasteiger partial charge on any atom is 0.287 e. The number of nitrogens with two attached hydrogens (primary N) is 1. The Labute approximate surface area is 104 Å². The molecular weight excluding hydrogens is 260 g/mol. The van der Waals surface area contributed by atoms with E-state index in [1.54, 1.807) is 0 Å². The number of rotatable bonds is 4. The molecule has 1 unspecified atom stereocenters. The van der Waals surface area contributed by atoms with Crippen molar-refractivity contribution in [3.8, 4) is 0 Å². The third-order valence-corrected chi connectivity index (χ3v) is 3.62. The van der Waals surface area contributed by atoms with Crippen LogP contribution in [0.1, 0.15) is 19.8 Å². The first kappa shape index (κ1) is 14.6. The van der Waals surface area contributed by atoms with Gasteiger partial charge in [-0.15, -0.1) is 0 Å². The Balaban J connectivity index is 2.70. The molecule has 100 valence electrons. The predicted octanol–water partition coefficient (Wildman–Crippen LogP) is -0.532. The predicted molar refractivity (Wildman–Crippen MR) is 63.7 cm³/mol. The number of ketones is 1. The Morgan fingerprint density at radius 3 is 2.56 bits per heavy atom. The minimum atomic E-state index is -4.42. The van der Waals surface area contributed by atoms with E-state index in [1.807, 2.05) is 0 Å². The first-order valence-corrected chi connectivity index (χ1v) is 6.53. The summed E-state index contributed by atoms with van der Waals surface area (Å²) in [5.74, 6) is -0.770. The van der Waals surface area contributed by atoms with Crippen molar-refractivity contribution < 1.29 is 22.6 Å². The summed E-state index contributed by atoms with van der Waals surface area (Å²) in [6.07, 6.45) is 3.31. The van der Waals surface area contributed by atoms with E-state index in [1.165, 1.54) is 19.1 Å². The second kappa shape index (κ2) is 5.01. The van der Waals surface area contributed by atoms with Crippen molar-refractivity contribution in [2.24, 2.45) is 5.73 Å². The number of amides is 1. The number of carbonyl (C=O) groups excluding carboxylic acids is 2. The van der Waals surface area contributed by atoms with Crippen molar-refractivity contribution in [3.05, 3.63) is 23.9 Å². The fourth-order valence-corrected chi connectivity index (χ4v) is 1.89. The Kier molecular flexibility index (Phi) is 4.05. The van der Waals surface area contributed by atoms with Crippen LogP contribution in [0.15, 0.2) is 23.9 Å². The molecule has 0 spiro atoms. The van der Waals surface area contributed by atoms with E-state index >= 15 is 0 Å². The molecule has 0 aromatic carbocycles. The minimum Gasteiger partial charge on any atom is -0.326 e. The van der Waals surface area contributed by atoms with Gasteiger partial charge in [0.15, 0.2) is 4.87 Å². The summed E-state index contributed by atoms with van der Waals surface area (Å²) in [6.45, 7) is 1.29. The normalized spacial score (nSPS) is 23.4. The van der Waals surface area contributed by atoms with Crippen LogP contribution in [-0.4, -0.2) is 29.5 Å². The molecule has 1 aliphatic carbocycles. The van der Waals surface area contributed by atoms with Crippen LogP contribution < -0.4 is 11.1 Å². The highest BCUT2D eigenvalue weighted by Gasteiger charge is 2.36. The van der Waals surface area contributed by atoms with Gasteiger partial charge in [0.2, 0.25) is 5.91 Å². The molecule has 0 fully saturated rings. The molecule has 18 heavy (non-hydrogen) atoms. The summed E-state index contributed by atoms with van der Waals surface area (Å²) in [7, 11) is -4.42. The smallest absolute Gasteiger partial charge is 0.287 e. The van der Waals surface area contributed by atoms with Gasteiger partial charge in [0, 0.05) is 12.1 Å². The van der Waals surface area contributed by atoms with Crippen LogP contribution in [-0.2, 0) is 19.7 Å². The highest BCUT2D eigenvalue weighted by molar-refractivity contribution is 7.87. The van der Waals surface area contributed by atoms with Crippen LogP contribution in [0.4, 0.5) is 0 Å². The minimum absolute atomic E-state index is 0.169. The lowest BCUT2D eigenvalue weighted by molar-refractivity contribution is -0.126. The molecule has 0 radical (unpaired) electrons. The molecule has 7 nitrogen and oxygen atoms in total. The summed E-state index contributed by atoms with van der Waals surface area (Å²) >= 11 is 0. The van der Waals surface area contributed by atoms with Crippen molar-refractivity contribution >= 4 is 21.8 Å². The summed E-state index contributed by atoms with van der Waals surface area (Å²) in [5.41, 5.74) is 5.81. The lowest BCUT2D eigenvalue weighted by Crippen LogP contribution is -2.46. The number of Topliss-reactive ketones (excluding diaryl/α,β-unsaturated/α-hetero) is 1. The summed E-state index contributed by atoms with van der Waals surface area (Å²) in [6, 6.07) is 0. The topological polar surface area (TPSA) is 127 Å². The Morgan fingerprint density at radius 2 is 2.17 bits per heavy atom. The van der Waals surface area contributed by atoms with Crippen LogP contribution in [0.5, 0.6) is 0 Å². The Morgan fingerprint density at radius 1 is 1.56 bits per heavy atom. The molecule has 1 aliphatic rings. The quantitative estimate of drug-likeness (QED) is 0.467. The first-order chi connectivity index (χ1) is 8.14. The van der Waals surface area contributed by atoms with E-state index in [9.17, 15) is 18.0 Å². The van der Waals surface area contributed by atoms with Gasteiger partial charge in [-0.05, 0) is 19.1 Å². The zero-order chi connectivity index (χ0) is 14.0. The molecule has 0 aliphatic heterocycles. The number of allylic oxidation sites excluding steroid dienone is 1. The van der Waals surface area contributed by atoms with Crippen LogP contribution in [0.25, 0.3) is 0 Å². The van der Waals surface area contributed by atoms with Gasteiger partial charge in [-0.3, -0.25) is 14.1 Å². The van der Waals surface area contributed by atoms with E-state index in [4.69, 9.17) is 10.3 Å². The summed E-state index contributed by atoms with van der Waals surface area (Å²) in [5, 5.41) is 2.42.